The molecule has 3 rings (SSSR count). The number of nitrogens with zero attached hydrogens (tertiary/aromatic N) is 2. The molecule has 114 valence electrons. The van der Waals surface area contributed by atoms with Crippen LogP contribution in [0.25, 0.3) is 17.3 Å². The summed E-state index contributed by atoms with van der Waals surface area (Å²) < 4.78 is 7.08. The van der Waals surface area contributed by atoms with Crippen molar-refractivity contribution in [2.45, 2.75) is 13.0 Å². The number of carbonyl (C=O) groups is 1. The van der Waals surface area contributed by atoms with Crippen LogP contribution in [0.2, 0.25) is 10.2 Å². The van der Waals surface area contributed by atoms with E-state index in [-0.39, 0.29) is 15.7 Å². The molecule has 0 saturated heterocycles. The number of hydrogen-bond donors (Lipinski definition) is 1. The minimum Gasteiger partial charge on any atom is -0.501 e. The summed E-state index contributed by atoms with van der Waals surface area (Å²) in [7, 11) is 1.56. The summed E-state index contributed by atoms with van der Waals surface area (Å²) in [4.78, 5) is 15.6. The summed E-state index contributed by atoms with van der Waals surface area (Å²) in [6.45, 7) is 0.558. The first-order valence-electron chi connectivity index (χ1n) is 6.55. The summed E-state index contributed by atoms with van der Waals surface area (Å²) >= 11 is 12.5. The highest BCUT2D eigenvalue weighted by molar-refractivity contribution is 6.38. The summed E-state index contributed by atoms with van der Waals surface area (Å²) in [5, 5.41) is 9.93. The molecule has 2 aromatic heterocycles. The van der Waals surface area contributed by atoms with Crippen molar-refractivity contribution in [3.8, 4) is 11.3 Å². The molecule has 0 spiro atoms. The Morgan fingerprint density at radius 3 is 2.86 bits per heavy atom. The van der Waals surface area contributed by atoms with Crippen LogP contribution >= 0.6 is 23.2 Å². The fraction of sp³-hybridized carbons (Fsp3) is 0.200. The van der Waals surface area contributed by atoms with Gasteiger partial charge in [0.2, 0.25) is 0 Å². The first-order valence-corrected chi connectivity index (χ1v) is 7.31. The van der Waals surface area contributed by atoms with Crippen molar-refractivity contribution >= 4 is 35.2 Å². The van der Waals surface area contributed by atoms with E-state index in [1.165, 1.54) is 0 Å². The number of allylic oxidation sites excluding steroid dienone is 1. The van der Waals surface area contributed by atoms with Gasteiger partial charge in [-0.15, -0.1) is 0 Å². The lowest BCUT2D eigenvalue weighted by molar-refractivity contribution is 0.0696. The maximum atomic E-state index is 11.6. The smallest absolute Gasteiger partial charge is 0.339 e. The van der Waals surface area contributed by atoms with Crippen LogP contribution in [0.15, 0.2) is 24.1 Å². The predicted molar refractivity (Wildman–Crippen MR) is 84.2 cm³/mol. The van der Waals surface area contributed by atoms with Crippen molar-refractivity contribution in [1.82, 2.24) is 9.55 Å². The molecular weight excluding hydrogens is 327 g/mol. The van der Waals surface area contributed by atoms with Crippen molar-refractivity contribution in [1.29, 1.82) is 0 Å². The molecule has 0 aromatic carbocycles. The number of methoxy groups -OCH3 is 1. The summed E-state index contributed by atoms with van der Waals surface area (Å²) in [5.74, 6) is -0.374. The number of carboxylic acid groups (broad SMARTS) is 1. The molecule has 1 aliphatic rings. The quantitative estimate of drug-likeness (QED) is 0.860. The zero-order chi connectivity index (χ0) is 15.9. The van der Waals surface area contributed by atoms with Crippen molar-refractivity contribution in [2.24, 2.45) is 0 Å². The Morgan fingerprint density at radius 2 is 2.23 bits per heavy atom. The number of fused-ring (bicyclic) bond motifs is 1. The second kappa shape index (κ2) is 5.66. The highest BCUT2D eigenvalue weighted by Crippen LogP contribution is 2.41. The molecule has 1 aliphatic heterocycles. The van der Waals surface area contributed by atoms with E-state index in [2.05, 4.69) is 4.98 Å². The average Bonchev–Trinajstić information content (AvgIpc) is 2.79. The lowest BCUT2D eigenvalue weighted by Crippen LogP contribution is -2.11. The van der Waals surface area contributed by atoms with E-state index in [4.69, 9.17) is 27.9 Å². The third-order valence-corrected chi connectivity index (χ3v) is 4.28. The van der Waals surface area contributed by atoms with Crippen molar-refractivity contribution in [3.63, 3.8) is 0 Å². The average molecular weight is 339 g/mol. The van der Waals surface area contributed by atoms with E-state index in [9.17, 15) is 9.90 Å². The summed E-state index contributed by atoms with van der Waals surface area (Å²) in [5.41, 5.74) is 1.73. The van der Waals surface area contributed by atoms with Crippen molar-refractivity contribution in [3.05, 3.63) is 45.5 Å². The zero-order valence-electron chi connectivity index (χ0n) is 11.6. The first kappa shape index (κ1) is 14.9. The number of halogens is 2. The van der Waals surface area contributed by atoms with Crippen LogP contribution in [-0.2, 0) is 11.3 Å². The first-order chi connectivity index (χ1) is 10.5. The molecule has 0 saturated carbocycles. The Labute approximate surface area is 136 Å². The molecule has 5 nitrogen and oxygen atoms in total. The van der Waals surface area contributed by atoms with Crippen LogP contribution in [0.5, 0.6) is 0 Å². The van der Waals surface area contributed by atoms with Crippen molar-refractivity contribution < 1.29 is 14.6 Å². The van der Waals surface area contributed by atoms with E-state index in [1.807, 2.05) is 4.57 Å². The van der Waals surface area contributed by atoms with Gasteiger partial charge in [-0.1, -0.05) is 23.2 Å². The molecule has 0 fully saturated rings. The Morgan fingerprint density at radius 1 is 1.45 bits per heavy atom. The van der Waals surface area contributed by atoms with Crippen LogP contribution in [0.3, 0.4) is 0 Å². The van der Waals surface area contributed by atoms with Crippen LogP contribution in [0.4, 0.5) is 0 Å². The standard InChI is InChI=1S/C15H12Cl2N2O3/c1-22-8-4-6-19-10(7-8)11(15(20)21)12(16)13(19)9-3-2-5-18-14(9)17/h2-3,5,7H,4,6H2,1H3,(H,20,21). The van der Waals surface area contributed by atoms with E-state index >= 15 is 0 Å². The number of pyridine rings is 1. The molecule has 1 N–H and O–H groups in total. The fourth-order valence-corrected chi connectivity index (χ4v) is 3.21. The highest BCUT2D eigenvalue weighted by Gasteiger charge is 2.29. The monoisotopic (exact) mass is 338 g/mol. The number of rotatable bonds is 3. The van der Waals surface area contributed by atoms with Gasteiger partial charge >= 0.3 is 5.97 Å². The van der Waals surface area contributed by atoms with Crippen LogP contribution in [-0.4, -0.2) is 27.7 Å². The molecular formula is C15H12Cl2N2O3. The second-order valence-electron chi connectivity index (χ2n) is 4.79. The molecule has 0 bridgehead atoms. The Hall–Kier alpha value is -1.98. The third-order valence-electron chi connectivity index (χ3n) is 3.61. The maximum absolute atomic E-state index is 11.6. The lowest BCUT2D eigenvalue weighted by Gasteiger charge is -2.18. The number of ether oxygens (including phenoxy) is 1. The van der Waals surface area contributed by atoms with Crippen LogP contribution in [0.1, 0.15) is 22.5 Å². The topological polar surface area (TPSA) is 64.3 Å². The normalized spacial score (nSPS) is 13.5. The molecule has 0 radical (unpaired) electrons. The maximum Gasteiger partial charge on any atom is 0.339 e. The molecule has 0 aliphatic carbocycles. The van der Waals surface area contributed by atoms with Gasteiger partial charge in [-0.3, -0.25) is 0 Å². The molecule has 22 heavy (non-hydrogen) atoms. The second-order valence-corrected chi connectivity index (χ2v) is 5.52. The number of aromatic carboxylic acids is 1. The Balaban J connectivity index is 2.32. The zero-order valence-corrected chi connectivity index (χ0v) is 13.1. The number of aromatic nitrogens is 2. The largest absolute Gasteiger partial charge is 0.501 e. The lowest BCUT2D eigenvalue weighted by atomic mass is 10.1. The van der Waals surface area contributed by atoms with Crippen LogP contribution in [0, 0.1) is 0 Å². The highest BCUT2D eigenvalue weighted by atomic mass is 35.5. The van der Waals surface area contributed by atoms with Gasteiger partial charge in [0.1, 0.15) is 10.7 Å². The summed E-state index contributed by atoms with van der Waals surface area (Å²) in [6.07, 6.45) is 3.92. The van der Waals surface area contributed by atoms with Crippen molar-refractivity contribution in [2.75, 3.05) is 7.11 Å². The SMILES string of the molecule is COC1=Cc2c(C(=O)O)c(Cl)c(-c3cccnc3Cl)n2CC1. The van der Waals surface area contributed by atoms with Gasteiger partial charge in [0, 0.05) is 30.8 Å². The molecule has 2 aromatic rings. The molecule has 3 heterocycles. The van der Waals surface area contributed by atoms with Gasteiger partial charge in [-0.05, 0) is 12.1 Å². The van der Waals surface area contributed by atoms with Crippen LogP contribution < -0.4 is 0 Å². The van der Waals surface area contributed by atoms with Gasteiger partial charge in [-0.25, -0.2) is 9.78 Å². The number of carboxylic acids is 1. The molecule has 0 atom stereocenters. The van der Waals surface area contributed by atoms with E-state index in [0.29, 0.717) is 35.7 Å². The summed E-state index contributed by atoms with van der Waals surface area (Å²) in [6, 6.07) is 3.50. The number of hydrogen-bond acceptors (Lipinski definition) is 3. The van der Waals surface area contributed by atoms with Gasteiger partial charge in [0.05, 0.1) is 29.3 Å². The Kier molecular flexibility index (Phi) is 3.85. The fourth-order valence-electron chi connectivity index (χ4n) is 2.62. The predicted octanol–water partition coefficient (Wildman–Crippen LogP) is 3.95. The molecule has 7 heteroatoms. The van der Waals surface area contributed by atoms with E-state index in [0.717, 1.165) is 0 Å². The van der Waals surface area contributed by atoms with Gasteiger partial charge < -0.3 is 14.4 Å². The van der Waals surface area contributed by atoms with Gasteiger partial charge in [0.15, 0.2) is 0 Å². The minimum atomic E-state index is -1.09. The third kappa shape index (κ3) is 2.26. The van der Waals surface area contributed by atoms with E-state index in [1.54, 1.807) is 31.5 Å². The van der Waals surface area contributed by atoms with E-state index < -0.39 is 5.97 Å². The van der Waals surface area contributed by atoms with Gasteiger partial charge in [0.25, 0.3) is 0 Å². The molecule has 0 amide bonds. The minimum absolute atomic E-state index is 0.0471. The molecule has 0 unspecified atom stereocenters. The Bertz CT molecular complexity index is 796. The van der Waals surface area contributed by atoms with Gasteiger partial charge in [-0.2, -0.15) is 0 Å².